The maximum absolute atomic E-state index is 11.9. The maximum Gasteiger partial charge on any atom is 0.472 e. The molecule has 36 heavy (non-hydrogen) atoms. The van der Waals surface area contributed by atoms with Crippen LogP contribution in [0.25, 0.3) is 0 Å². The van der Waals surface area contributed by atoms with Crippen molar-refractivity contribution in [3.63, 3.8) is 0 Å². The summed E-state index contributed by atoms with van der Waals surface area (Å²) in [5.74, 6) is -0.530. The van der Waals surface area contributed by atoms with E-state index in [1.165, 1.54) is 57.8 Å². The van der Waals surface area contributed by atoms with E-state index in [-0.39, 0.29) is 32.8 Å². The lowest BCUT2D eigenvalue weighted by molar-refractivity contribution is -0.697. The highest BCUT2D eigenvalue weighted by Gasteiger charge is 2.21. The first-order valence-corrected chi connectivity index (χ1v) is 14.6. The monoisotopic (exact) mass is 530 g/mol. The molecule has 4 N–H and O–H groups in total. The highest BCUT2D eigenvalue weighted by atomic mass is 31.2. The van der Waals surface area contributed by atoms with Gasteiger partial charge in [0.1, 0.15) is 6.61 Å². The lowest BCUT2D eigenvalue weighted by atomic mass is 10.1. The predicted molar refractivity (Wildman–Crippen MR) is 137 cm³/mol. The lowest BCUT2D eigenvalue weighted by Gasteiger charge is -2.11. The minimum atomic E-state index is -4.20. The number of rotatable bonds is 22. The Morgan fingerprint density at radius 2 is 1.44 bits per heavy atom. The molecule has 0 spiro atoms. The summed E-state index contributed by atoms with van der Waals surface area (Å²) < 4.78 is 28.4. The summed E-state index contributed by atoms with van der Waals surface area (Å²) in [4.78, 5) is 32.5. The smallest absolute Gasteiger partial charge is 0.449 e. The second-order valence-electron chi connectivity index (χ2n) is 8.78. The number of pyridine rings is 1. The van der Waals surface area contributed by atoms with Crippen LogP contribution in [0.1, 0.15) is 94.3 Å². The van der Waals surface area contributed by atoms with Gasteiger partial charge < -0.3 is 20.7 Å². The number of amides is 2. The molecule has 1 aromatic rings. The average Bonchev–Trinajstić information content (AvgIpc) is 2.84. The molecular formula is C25H45N3O7P+. The number of unbranched alkanes of at least 4 members (excludes halogenated alkanes) is 10. The molecule has 0 saturated carbocycles. The van der Waals surface area contributed by atoms with E-state index in [2.05, 4.69) is 12.2 Å². The van der Waals surface area contributed by atoms with Crippen LogP contribution in [-0.2, 0) is 24.9 Å². The van der Waals surface area contributed by atoms with Gasteiger partial charge in [-0.2, -0.15) is 0 Å². The Labute approximate surface area is 215 Å². The normalized spacial score (nSPS) is 12.7. The SMILES string of the molecule is CCCCCCCCCCCCCNC(=O)OCCCOP(=O)(O)OCC[n+]1ccc(C(N)=O)cc1. The molecule has 0 aliphatic rings. The van der Waals surface area contributed by atoms with Gasteiger partial charge in [0, 0.05) is 25.1 Å². The Hall–Kier alpha value is -2.00. The van der Waals surface area contributed by atoms with Gasteiger partial charge in [-0.1, -0.05) is 71.1 Å². The molecule has 0 aliphatic heterocycles. The van der Waals surface area contributed by atoms with Crippen LogP contribution in [0.15, 0.2) is 24.5 Å². The zero-order valence-electron chi connectivity index (χ0n) is 21.7. The summed E-state index contributed by atoms with van der Waals surface area (Å²) in [5, 5.41) is 2.71. The van der Waals surface area contributed by atoms with Crippen molar-refractivity contribution in [3.8, 4) is 0 Å². The van der Waals surface area contributed by atoms with Crippen molar-refractivity contribution < 1.29 is 37.4 Å². The zero-order valence-corrected chi connectivity index (χ0v) is 22.6. The first-order chi connectivity index (χ1) is 17.3. The highest BCUT2D eigenvalue weighted by molar-refractivity contribution is 7.47. The number of nitrogens with zero attached hydrogens (tertiary/aromatic N) is 1. The van der Waals surface area contributed by atoms with Crippen LogP contribution in [0.3, 0.4) is 0 Å². The van der Waals surface area contributed by atoms with E-state index < -0.39 is 19.8 Å². The number of carbonyl (C=O) groups is 2. The maximum atomic E-state index is 11.9. The first-order valence-electron chi connectivity index (χ1n) is 13.2. The van der Waals surface area contributed by atoms with Gasteiger partial charge in [-0.25, -0.2) is 13.9 Å². The molecule has 0 saturated heterocycles. The zero-order chi connectivity index (χ0) is 26.5. The third-order valence-electron chi connectivity index (χ3n) is 5.61. The number of hydrogen-bond donors (Lipinski definition) is 3. The van der Waals surface area contributed by atoms with Crippen LogP contribution in [-0.4, -0.2) is 43.3 Å². The highest BCUT2D eigenvalue weighted by Crippen LogP contribution is 2.42. The molecule has 1 heterocycles. The van der Waals surface area contributed by atoms with Crippen LogP contribution < -0.4 is 15.6 Å². The van der Waals surface area contributed by atoms with Gasteiger partial charge in [0.05, 0.1) is 18.8 Å². The van der Waals surface area contributed by atoms with Crippen LogP contribution in [0.2, 0.25) is 0 Å². The fraction of sp³-hybridized carbons (Fsp3) is 0.720. The summed E-state index contributed by atoms with van der Waals surface area (Å²) in [6, 6.07) is 3.09. The average molecular weight is 531 g/mol. The van der Waals surface area contributed by atoms with E-state index >= 15 is 0 Å². The Kier molecular flexibility index (Phi) is 17.9. The molecule has 0 bridgehead atoms. The molecule has 206 valence electrons. The lowest BCUT2D eigenvalue weighted by Crippen LogP contribution is -2.35. The number of phosphoric ester groups is 1. The molecule has 0 radical (unpaired) electrons. The molecule has 1 aromatic heterocycles. The summed E-state index contributed by atoms with van der Waals surface area (Å²) >= 11 is 0. The number of nitrogens with one attached hydrogen (secondary N) is 1. The number of primary amides is 1. The number of carbonyl (C=O) groups excluding carboxylic acids is 2. The first kappa shape index (κ1) is 32.0. The van der Waals surface area contributed by atoms with Crippen LogP contribution >= 0.6 is 7.82 Å². The van der Waals surface area contributed by atoms with Gasteiger partial charge in [-0.15, -0.1) is 0 Å². The standard InChI is InChI=1S/C25H44N3O7P/c1-2-3-4-5-6-7-8-9-10-11-12-16-27-25(30)33-20-13-21-34-36(31,32)35-22-19-28-17-14-23(15-18-28)24(26)29/h14-15,17-18H,2-13,16,19-22H2,1H3,(H3-,26,27,29,30,31,32)/p+1. The largest absolute Gasteiger partial charge is 0.472 e. The molecule has 0 aliphatic carbocycles. The molecule has 2 amide bonds. The van der Waals surface area contributed by atoms with Gasteiger partial charge in [0.25, 0.3) is 0 Å². The minimum absolute atomic E-state index is 0.0632. The van der Waals surface area contributed by atoms with Crippen molar-refractivity contribution >= 4 is 19.8 Å². The molecule has 1 unspecified atom stereocenters. The third kappa shape index (κ3) is 17.4. The van der Waals surface area contributed by atoms with E-state index in [4.69, 9.17) is 19.5 Å². The van der Waals surface area contributed by atoms with E-state index in [0.29, 0.717) is 12.1 Å². The predicted octanol–water partition coefficient (Wildman–Crippen LogP) is 4.63. The number of hydrogen-bond acceptors (Lipinski definition) is 6. The van der Waals surface area contributed by atoms with Crippen LogP contribution in [0, 0.1) is 0 Å². The number of nitrogens with two attached hydrogens (primary N) is 1. The molecule has 1 rings (SSSR count). The molecule has 11 heteroatoms. The Bertz CT molecular complexity index is 777. The fourth-order valence-electron chi connectivity index (χ4n) is 3.50. The van der Waals surface area contributed by atoms with Crippen molar-refractivity contribution in [1.82, 2.24) is 5.32 Å². The van der Waals surface area contributed by atoms with Gasteiger partial charge in [0.15, 0.2) is 18.9 Å². The van der Waals surface area contributed by atoms with Gasteiger partial charge in [-0.3, -0.25) is 13.8 Å². The summed E-state index contributed by atoms with van der Waals surface area (Å²) in [6.45, 7) is 3.03. The van der Waals surface area contributed by atoms with Gasteiger partial charge in [-0.05, 0) is 6.42 Å². The van der Waals surface area contributed by atoms with Crippen molar-refractivity contribution in [2.75, 3.05) is 26.4 Å². The second kappa shape index (κ2) is 20.1. The van der Waals surface area contributed by atoms with Crippen LogP contribution in [0.4, 0.5) is 4.79 Å². The van der Waals surface area contributed by atoms with Crippen molar-refractivity contribution in [3.05, 3.63) is 30.1 Å². The summed E-state index contributed by atoms with van der Waals surface area (Å²) in [6.07, 6.45) is 16.8. The summed E-state index contributed by atoms with van der Waals surface area (Å²) in [7, 11) is -4.20. The van der Waals surface area contributed by atoms with E-state index in [0.717, 1.165) is 12.8 Å². The topological polar surface area (TPSA) is 141 Å². The van der Waals surface area contributed by atoms with Crippen LogP contribution in [0.5, 0.6) is 0 Å². The number of aromatic nitrogens is 1. The van der Waals surface area contributed by atoms with Crippen molar-refractivity contribution in [2.24, 2.45) is 5.73 Å². The molecule has 0 fully saturated rings. The van der Waals surface area contributed by atoms with Crippen molar-refractivity contribution in [2.45, 2.75) is 90.5 Å². The van der Waals surface area contributed by atoms with Crippen molar-refractivity contribution in [1.29, 1.82) is 0 Å². The Morgan fingerprint density at radius 3 is 2.03 bits per heavy atom. The molecular weight excluding hydrogens is 485 g/mol. The van der Waals surface area contributed by atoms with E-state index in [9.17, 15) is 19.0 Å². The Morgan fingerprint density at radius 1 is 0.889 bits per heavy atom. The third-order valence-corrected chi connectivity index (χ3v) is 6.62. The quantitative estimate of drug-likeness (QED) is 0.113. The summed E-state index contributed by atoms with van der Waals surface area (Å²) in [5.41, 5.74) is 5.55. The molecule has 1 atom stereocenters. The van der Waals surface area contributed by atoms with E-state index in [1.807, 2.05) is 0 Å². The molecule has 0 aromatic carbocycles. The van der Waals surface area contributed by atoms with E-state index in [1.54, 1.807) is 29.1 Å². The Balaban J connectivity index is 1.95. The fourth-order valence-corrected chi connectivity index (χ4v) is 4.25. The minimum Gasteiger partial charge on any atom is -0.449 e. The molecule has 10 nitrogen and oxygen atoms in total. The van der Waals surface area contributed by atoms with Gasteiger partial charge in [0.2, 0.25) is 5.91 Å². The van der Waals surface area contributed by atoms with Gasteiger partial charge >= 0.3 is 13.9 Å². The number of ether oxygens (including phenoxy) is 1. The number of phosphoric acid groups is 1. The second-order valence-corrected chi connectivity index (χ2v) is 10.2. The number of alkyl carbamates (subject to hydrolysis) is 1.